The molecule has 28 heavy (non-hydrogen) atoms. The summed E-state index contributed by atoms with van der Waals surface area (Å²) in [5.74, 6) is -0.718. The average molecular weight is 375 g/mol. The molecule has 3 aromatic rings. The van der Waals surface area contributed by atoms with E-state index in [1.807, 2.05) is 30.3 Å². The van der Waals surface area contributed by atoms with Crippen LogP contribution in [0.4, 0.5) is 5.69 Å². The van der Waals surface area contributed by atoms with Crippen LogP contribution in [0.3, 0.4) is 0 Å². The number of ketones is 1. The Hall–Kier alpha value is -3.18. The molecule has 0 bridgehead atoms. The van der Waals surface area contributed by atoms with Crippen LogP contribution in [0, 0.1) is 0 Å². The van der Waals surface area contributed by atoms with Crippen molar-refractivity contribution in [1.82, 2.24) is 0 Å². The summed E-state index contributed by atoms with van der Waals surface area (Å²) >= 11 is 0. The number of carbonyl (C=O) groups is 2. The third-order valence-electron chi connectivity index (χ3n) is 5.14. The summed E-state index contributed by atoms with van der Waals surface area (Å²) in [6.45, 7) is 0.474. The topological polar surface area (TPSA) is 70.8 Å². The minimum absolute atomic E-state index is 0.140. The van der Waals surface area contributed by atoms with Gasteiger partial charge in [0, 0.05) is 12.1 Å². The number of para-hydroxylation sites is 1. The third kappa shape index (κ3) is 3.25. The summed E-state index contributed by atoms with van der Waals surface area (Å²) in [5, 5.41) is 11.2. The van der Waals surface area contributed by atoms with Crippen molar-refractivity contribution in [3.63, 3.8) is 0 Å². The molecule has 2 heterocycles. The first kappa shape index (κ1) is 18.2. The highest BCUT2D eigenvalue weighted by Crippen LogP contribution is 2.42. The van der Waals surface area contributed by atoms with E-state index < -0.39 is 17.3 Å². The normalized spacial score (nSPS) is 18.3. The smallest absolute Gasteiger partial charge is 0.264 e. The highest BCUT2D eigenvalue weighted by atomic mass is 16.3. The van der Waals surface area contributed by atoms with Gasteiger partial charge in [-0.15, -0.1) is 0 Å². The van der Waals surface area contributed by atoms with Gasteiger partial charge >= 0.3 is 0 Å². The first-order valence-corrected chi connectivity index (χ1v) is 9.34. The van der Waals surface area contributed by atoms with Crippen LogP contribution < -0.4 is 4.90 Å². The fourth-order valence-corrected chi connectivity index (χ4v) is 3.74. The summed E-state index contributed by atoms with van der Waals surface area (Å²) in [7, 11) is 0. The summed E-state index contributed by atoms with van der Waals surface area (Å²) in [4.78, 5) is 27.2. The van der Waals surface area contributed by atoms with E-state index in [0.717, 1.165) is 12.8 Å². The number of Topliss-reactive ketones (excluding diaryl/α,β-unsaturated/α-hetero) is 1. The minimum Gasteiger partial charge on any atom is -0.461 e. The van der Waals surface area contributed by atoms with Crippen LogP contribution in [0.15, 0.2) is 77.4 Å². The number of amides is 1. The number of aliphatic hydroxyl groups is 1. The van der Waals surface area contributed by atoms with E-state index in [1.54, 1.807) is 23.1 Å². The summed E-state index contributed by atoms with van der Waals surface area (Å²) in [6, 6.07) is 20.3. The number of carbonyl (C=O) groups excluding carboxylic acids is 2. The van der Waals surface area contributed by atoms with Gasteiger partial charge in [0.1, 0.15) is 0 Å². The molecular weight excluding hydrogens is 354 g/mol. The Labute approximate surface area is 163 Å². The van der Waals surface area contributed by atoms with Crippen LogP contribution in [0.1, 0.15) is 34.5 Å². The fraction of sp³-hybridized carbons (Fsp3) is 0.217. The number of aryl methyl sites for hydroxylation is 1. The van der Waals surface area contributed by atoms with E-state index >= 15 is 0 Å². The van der Waals surface area contributed by atoms with Gasteiger partial charge < -0.3 is 14.4 Å². The highest BCUT2D eigenvalue weighted by Gasteiger charge is 2.50. The van der Waals surface area contributed by atoms with Crippen molar-refractivity contribution in [3.8, 4) is 0 Å². The number of anilines is 1. The van der Waals surface area contributed by atoms with Crippen LogP contribution >= 0.6 is 0 Å². The zero-order valence-corrected chi connectivity index (χ0v) is 15.4. The molecule has 1 amide bonds. The molecule has 1 N–H and O–H groups in total. The van der Waals surface area contributed by atoms with E-state index in [0.29, 0.717) is 17.8 Å². The van der Waals surface area contributed by atoms with Crippen molar-refractivity contribution in [1.29, 1.82) is 0 Å². The SMILES string of the molecule is O=C(C[C@@]1(O)C(=O)N(CCCc2ccccc2)c2ccccc21)c1ccco1. The Morgan fingerprint density at radius 3 is 2.50 bits per heavy atom. The zero-order valence-electron chi connectivity index (χ0n) is 15.4. The van der Waals surface area contributed by atoms with Crippen LogP contribution in [-0.2, 0) is 16.8 Å². The maximum Gasteiger partial charge on any atom is 0.264 e. The van der Waals surface area contributed by atoms with E-state index in [-0.39, 0.29) is 12.2 Å². The van der Waals surface area contributed by atoms with Gasteiger partial charge in [-0.05, 0) is 36.6 Å². The molecule has 5 nitrogen and oxygen atoms in total. The van der Waals surface area contributed by atoms with Gasteiger partial charge in [-0.3, -0.25) is 9.59 Å². The largest absolute Gasteiger partial charge is 0.461 e. The first-order chi connectivity index (χ1) is 13.6. The molecule has 5 heteroatoms. The number of furan rings is 1. The number of rotatable bonds is 7. The molecule has 0 saturated carbocycles. The van der Waals surface area contributed by atoms with E-state index in [1.165, 1.54) is 17.9 Å². The fourth-order valence-electron chi connectivity index (χ4n) is 3.74. The second-order valence-electron chi connectivity index (χ2n) is 7.00. The summed E-state index contributed by atoms with van der Waals surface area (Å²) < 4.78 is 5.13. The molecule has 0 aliphatic carbocycles. The van der Waals surface area contributed by atoms with Gasteiger partial charge in [0.15, 0.2) is 11.4 Å². The van der Waals surface area contributed by atoms with Crippen molar-refractivity contribution < 1.29 is 19.1 Å². The van der Waals surface area contributed by atoms with Crippen molar-refractivity contribution in [2.75, 3.05) is 11.4 Å². The maximum absolute atomic E-state index is 13.1. The number of benzene rings is 2. The Bertz CT molecular complexity index is 981. The quantitative estimate of drug-likeness (QED) is 0.639. The predicted molar refractivity (Wildman–Crippen MR) is 105 cm³/mol. The molecular formula is C23H21NO4. The minimum atomic E-state index is -1.87. The molecule has 0 fully saturated rings. The Kier molecular flexibility index (Phi) is 4.84. The van der Waals surface area contributed by atoms with Gasteiger partial charge in [0.05, 0.1) is 18.4 Å². The van der Waals surface area contributed by atoms with E-state index in [4.69, 9.17) is 4.42 Å². The molecule has 0 unspecified atom stereocenters. The lowest BCUT2D eigenvalue weighted by Gasteiger charge is -2.22. The lowest BCUT2D eigenvalue weighted by molar-refractivity contribution is -0.135. The number of hydrogen-bond acceptors (Lipinski definition) is 4. The van der Waals surface area contributed by atoms with Crippen LogP contribution in [0.5, 0.6) is 0 Å². The molecule has 1 aliphatic rings. The second-order valence-corrected chi connectivity index (χ2v) is 7.00. The molecule has 1 aliphatic heterocycles. The van der Waals surface area contributed by atoms with E-state index in [2.05, 4.69) is 12.1 Å². The lowest BCUT2D eigenvalue weighted by atomic mass is 9.89. The van der Waals surface area contributed by atoms with Crippen LogP contribution in [0.2, 0.25) is 0 Å². The predicted octanol–water partition coefficient (Wildman–Crippen LogP) is 3.72. The molecule has 2 aromatic carbocycles. The molecule has 0 spiro atoms. The number of fused-ring (bicyclic) bond motifs is 1. The van der Waals surface area contributed by atoms with Crippen LogP contribution in [0.25, 0.3) is 0 Å². The molecule has 1 atom stereocenters. The van der Waals surface area contributed by atoms with Crippen molar-refractivity contribution in [2.45, 2.75) is 24.9 Å². The number of hydrogen-bond donors (Lipinski definition) is 1. The average Bonchev–Trinajstić information content (AvgIpc) is 3.32. The molecule has 0 saturated heterocycles. The zero-order chi connectivity index (χ0) is 19.6. The monoisotopic (exact) mass is 375 g/mol. The van der Waals surface area contributed by atoms with Gasteiger partial charge in [0.2, 0.25) is 5.78 Å². The standard InChI is InChI=1S/C23H21NO4/c25-20(21-13-7-15-28-21)16-23(27)18-11-4-5-12-19(18)24(22(23)26)14-6-10-17-8-2-1-3-9-17/h1-5,7-9,11-13,15,27H,6,10,14,16H2/t23-/m0/s1. The van der Waals surface area contributed by atoms with Crippen molar-refractivity contribution in [2.24, 2.45) is 0 Å². The van der Waals surface area contributed by atoms with Crippen molar-refractivity contribution >= 4 is 17.4 Å². The Morgan fingerprint density at radius 2 is 1.75 bits per heavy atom. The molecule has 142 valence electrons. The molecule has 4 rings (SSSR count). The summed E-state index contributed by atoms with van der Waals surface area (Å²) in [6.07, 6.45) is 2.64. The lowest BCUT2D eigenvalue weighted by Crippen LogP contribution is -2.42. The molecule has 1 aromatic heterocycles. The van der Waals surface area contributed by atoms with Gasteiger partial charge in [-0.25, -0.2) is 0 Å². The maximum atomic E-state index is 13.1. The Balaban J connectivity index is 1.54. The number of nitrogens with zero attached hydrogens (tertiary/aromatic N) is 1. The summed E-state index contributed by atoms with van der Waals surface area (Å²) in [5.41, 5.74) is 0.466. The van der Waals surface area contributed by atoms with Gasteiger partial charge in [-0.2, -0.15) is 0 Å². The first-order valence-electron chi connectivity index (χ1n) is 9.34. The van der Waals surface area contributed by atoms with Gasteiger partial charge in [0.25, 0.3) is 5.91 Å². The van der Waals surface area contributed by atoms with Crippen molar-refractivity contribution in [3.05, 3.63) is 89.9 Å². The highest BCUT2D eigenvalue weighted by molar-refractivity contribution is 6.10. The second kappa shape index (κ2) is 7.44. The van der Waals surface area contributed by atoms with Crippen LogP contribution in [-0.4, -0.2) is 23.3 Å². The third-order valence-corrected chi connectivity index (χ3v) is 5.14. The molecule has 0 radical (unpaired) electrons. The van der Waals surface area contributed by atoms with Gasteiger partial charge in [-0.1, -0.05) is 48.5 Å². The van der Waals surface area contributed by atoms with E-state index in [9.17, 15) is 14.7 Å². The Morgan fingerprint density at radius 1 is 1.00 bits per heavy atom.